The highest BCUT2D eigenvalue weighted by molar-refractivity contribution is 7.98. The number of nitrogens with one attached hydrogen (secondary N) is 1. The van der Waals surface area contributed by atoms with E-state index in [-0.39, 0.29) is 0 Å². The second-order valence-electron chi connectivity index (χ2n) is 4.28. The largest absolute Gasteiger partial charge is 0.316 e. The van der Waals surface area contributed by atoms with E-state index in [1.165, 1.54) is 44.9 Å². The molecule has 2 fully saturated rings. The lowest BCUT2D eigenvalue weighted by molar-refractivity contribution is 0.315. The Morgan fingerprint density at radius 3 is 2.62 bits per heavy atom. The van der Waals surface area contributed by atoms with E-state index < -0.39 is 0 Å². The molecule has 2 aliphatic heterocycles. The Morgan fingerprint density at radius 2 is 2.00 bits per heavy atom. The third-order valence-electron chi connectivity index (χ3n) is 3.29. The van der Waals surface area contributed by atoms with E-state index in [1.807, 2.05) is 11.8 Å². The quantitative estimate of drug-likeness (QED) is 0.679. The van der Waals surface area contributed by atoms with Crippen molar-refractivity contribution in [2.75, 3.05) is 44.7 Å². The molecule has 0 aromatic rings. The van der Waals surface area contributed by atoms with Crippen LogP contribution in [0, 0.1) is 11.8 Å². The van der Waals surface area contributed by atoms with Gasteiger partial charge in [0.2, 0.25) is 0 Å². The topological polar surface area (TPSA) is 15.3 Å². The number of likely N-dealkylation sites (tertiary alicyclic amines) is 1. The van der Waals surface area contributed by atoms with Gasteiger partial charge in [0.05, 0.1) is 0 Å². The summed E-state index contributed by atoms with van der Waals surface area (Å²) < 4.78 is 0. The van der Waals surface area contributed by atoms with E-state index in [4.69, 9.17) is 0 Å². The zero-order valence-corrected chi connectivity index (χ0v) is 9.28. The SMILES string of the molecule is CSCCCN1CC2CNCC2C1. The highest BCUT2D eigenvalue weighted by Crippen LogP contribution is 2.26. The van der Waals surface area contributed by atoms with Gasteiger partial charge >= 0.3 is 0 Å². The Hall–Kier alpha value is 0.270. The molecule has 2 aliphatic rings. The van der Waals surface area contributed by atoms with Crippen molar-refractivity contribution >= 4 is 11.8 Å². The van der Waals surface area contributed by atoms with E-state index in [0.29, 0.717) is 0 Å². The van der Waals surface area contributed by atoms with Crippen LogP contribution in [0.25, 0.3) is 0 Å². The zero-order valence-electron chi connectivity index (χ0n) is 8.46. The predicted octanol–water partition coefficient (Wildman–Crippen LogP) is 0.891. The van der Waals surface area contributed by atoms with Gasteiger partial charge in [-0.05, 0) is 49.9 Å². The molecule has 0 aliphatic carbocycles. The number of rotatable bonds is 4. The smallest absolute Gasteiger partial charge is 0.00255 e. The monoisotopic (exact) mass is 200 g/mol. The first-order valence-corrected chi connectivity index (χ1v) is 6.71. The average molecular weight is 200 g/mol. The van der Waals surface area contributed by atoms with E-state index >= 15 is 0 Å². The van der Waals surface area contributed by atoms with Gasteiger partial charge in [-0.3, -0.25) is 0 Å². The van der Waals surface area contributed by atoms with E-state index in [2.05, 4.69) is 16.5 Å². The molecule has 0 bridgehead atoms. The van der Waals surface area contributed by atoms with Crippen molar-refractivity contribution in [2.24, 2.45) is 11.8 Å². The van der Waals surface area contributed by atoms with Gasteiger partial charge in [0.1, 0.15) is 0 Å². The summed E-state index contributed by atoms with van der Waals surface area (Å²) in [7, 11) is 0. The van der Waals surface area contributed by atoms with Gasteiger partial charge in [-0.15, -0.1) is 0 Å². The molecule has 0 saturated carbocycles. The summed E-state index contributed by atoms with van der Waals surface area (Å²) in [5.41, 5.74) is 0. The Kier molecular flexibility index (Phi) is 3.52. The summed E-state index contributed by atoms with van der Waals surface area (Å²) in [6, 6.07) is 0. The fraction of sp³-hybridized carbons (Fsp3) is 1.00. The minimum Gasteiger partial charge on any atom is -0.316 e. The molecule has 0 amide bonds. The molecule has 0 aromatic carbocycles. The maximum atomic E-state index is 3.48. The van der Waals surface area contributed by atoms with Crippen LogP contribution in [0.1, 0.15) is 6.42 Å². The number of nitrogens with zero attached hydrogens (tertiary/aromatic N) is 1. The van der Waals surface area contributed by atoms with E-state index in [1.54, 1.807) is 0 Å². The van der Waals surface area contributed by atoms with E-state index in [0.717, 1.165) is 11.8 Å². The molecule has 2 heterocycles. The molecule has 1 N–H and O–H groups in total. The van der Waals surface area contributed by atoms with Crippen LogP contribution in [-0.2, 0) is 0 Å². The van der Waals surface area contributed by atoms with Gasteiger partial charge in [-0.1, -0.05) is 0 Å². The number of thioether (sulfide) groups is 1. The van der Waals surface area contributed by atoms with Crippen LogP contribution in [0.15, 0.2) is 0 Å². The summed E-state index contributed by atoms with van der Waals surface area (Å²) in [6.07, 6.45) is 3.57. The van der Waals surface area contributed by atoms with Gasteiger partial charge in [-0.2, -0.15) is 11.8 Å². The maximum absolute atomic E-state index is 3.48. The molecule has 0 radical (unpaired) electrons. The number of hydrogen-bond acceptors (Lipinski definition) is 3. The number of hydrogen-bond donors (Lipinski definition) is 1. The molecule has 2 rings (SSSR count). The molecular formula is C10H20N2S. The zero-order chi connectivity index (χ0) is 9.10. The first-order chi connectivity index (χ1) is 6.40. The highest BCUT2D eigenvalue weighted by atomic mass is 32.2. The molecule has 2 saturated heterocycles. The second kappa shape index (κ2) is 4.67. The van der Waals surface area contributed by atoms with Crippen LogP contribution in [0.5, 0.6) is 0 Å². The Bertz CT molecular complexity index is 151. The Morgan fingerprint density at radius 1 is 1.31 bits per heavy atom. The first-order valence-electron chi connectivity index (χ1n) is 5.32. The highest BCUT2D eigenvalue weighted by Gasteiger charge is 2.35. The Balaban J connectivity index is 1.67. The minimum atomic E-state index is 0.967. The van der Waals surface area contributed by atoms with Crippen molar-refractivity contribution in [1.82, 2.24) is 10.2 Å². The molecule has 76 valence electrons. The maximum Gasteiger partial charge on any atom is 0.00255 e. The van der Waals surface area contributed by atoms with Crippen molar-refractivity contribution in [2.45, 2.75) is 6.42 Å². The standard InChI is InChI=1S/C10H20N2S/c1-13-4-2-3-12-7-9-5-11-6-10(9)8-12/h9-11H,2-8H2,1H3. The van der Waals surface area contributed by atoms with Crippen LogP contribution in [0.3, 0.4) is 0 Å². The summed E-state index contributed by atoms with van der Waals surface area (Å²) in [4.78, 5) is 2.66. The van der Waals surface area contributed by atoms with Crippen molar-refractivity contribution < 1.29 is 0 Å². The van der Waals surface area contributed by atoms with Crippen LogP contribution in [0.2, 0.25) is 0 Å². The van der Waals surface area contributed by atoms with Gasteiger partial charge in [0, 0.05) is 13.1 Å². The normalized spacial score (nSPS) is 33.9. The summed E-state index contributed by atoms with van der Waals surface area (Å²) in [5, 5.41) is 3.48. The third-order valence-corrected chi connectivity index (χ3v) is 3.98. The van der Waals surface area contributed by atoms with Crippen molar-refractivity contribution in [3.63, 3.8) is 0 Å². The van der Waals surface area contributed by atoms with Crippen molar-refractivity contribution in [1.29, 1.82) is 0 Å². The molecule has 2 nitrogen and oxygen atoms in total. The lowest BCUT2D eigenvalue weighted by Crippen LogP contribution is -2.26. The van der Waals surface area contributed by atoms with E-state index in [9.17, 15) is 0 Å². The lowest BCUT2D eigenvalue weighted by Gasteiger charge is -2.16. The molecule has 2 unspecified atom stereocenters. The minimum absolute atomic E-state index is 0.967. The molecular weight excluding hydrogens is 180 g/mol. The van der Waals surface area contributed by atoms with Gasteiger partial charge in [0.25, 0.3) is 0 Å². The Labute approximate surface area is 85.4 Å². The molecule has 13 heavy (non-hydrogen) atoms. The fourth-order valence-electron chi connectivity index (χ4n) is 2.57. The van der Waals surface area contributed by atoms with Crippen LogP contribution in [-0.4, -0.2) is 49.6 Å². The van der Waals surface area contributed by atoms with Crippen LogP contribution >= 0.6 is 11.8 Å². The third kappa shape index (κ3) is 2.39. The summed E-state index contributed by atoms with van der Waals surface area (Å²) in [5.74, 6) is 3.26. The molecule has 0 aromatic heterocycles. The van der Waals surface area contributed by atoms with Crippen molar-refractivity contribution in [3.8, 4) is 0 Å². The van der Waals surface area contributed by atoms with Crippen LogP contribution < -0.4 is 5.32 Å². The van der Waals surface area contributed by atoms with Gasteiger partial charge in [-0.25, -0.2) is 0 Å². The average Bonchev–Trinajstić information content (AvgIpc) is 2.64. The molecule has 2 atom stereocenters. The molecule has 3 heteroatoms. The summed E-state index contributed by atoms with van der Waals surface area (Å²) in [6.45, 7) is 6.57. The number of fused-ring (bicyclic) bond motifs is 1. The van der Waals surface area contributed by atoms with Gasteiger partial charge < -0.3 is 10.2 Å². The van der Waals surface area contributed by atoms with Crippen LogP contribution in [0.4, 0.5) is 0 Å². The van der Waals surface area contributed by atoms with Crippen molar-refractivity contribution in [3.05, 3.63) is 0 Å². The first kappa shape index (κ1) is 9.81. The van der Waals surface area contributed by atoms with Gasteiger partial charge in [0.15, 0.2) is 0 Å². The fourth-order valence-corrected chi connectivity index (χ4v) is 2.99. The second-order valence-corrected chi connectivity index (χ2v) is 5.27. The summed E-state index contributed by atoms with van der Waals surface area (Å²) >= 11 is 1.97. The molecule has 0 spiro atoms. The lowest BCUT2D eigenvalue weighted by atomic mass is 10.0. The predicted molar refractivity (Wildman–Crippen MR) is 59.3 cm³/mol.